The summed E-state index contributed by atoms with van der Waals surface area (Å²) in [6, 6.07) is 5.69. The van der Waals surface area contributed by atoms with E-state index in [-0.39, 0.29) is 30.7 Å². The van der Waals surface area contributed by atoms with Gasteiger partial charge >= 0.3 is 0 Å². The third-order valence-corrected chi connectivity index (χ3v) is 5.88. The number of hydrogen-bond donors (Lipinski definition) is 1. The summed E-state index contributed by atoms with van der Waals surface area (Å²) in [5.41, 5.74) is 1.70. The average molecular weight is 448 g/mol. The monoisotopic (exact) mass is 447 g/mol. The number of aromatic nitrogens is 1. The lowest BCUT2D eigenvalue weighted by atomic mass is 10.1. The molecular formula is C19H27Cl2N3O3S. The zero-order valence-electron chi connectivity index (χ0n) is 16.5. The summed E-state index contributed by atoms with van der Waals surface area (Å²) in [5.74, 6) is 1.95. The fraction of sp³-hybridized carbons (Fsp3) is 0.474. The molecule has 0 aliphatic carbocycles. The lowest BCUT2D eigenvalue weighted by molar-refractivity contribution is 0.0791. The number of nitrogens with zero attached hydrogens (tertiary/aromatic N) is 2. The van der Waals surface area contributed by atoms with Crippen molar-refractivity contribution in [2.75, 3.05) is 40.9 Å². The summed E-state index contributed by atoms with van der Waals surface area (Å²) in [7, 11) is 5.17. The molecule has 0 saturated carbocycles. The SMILES string of the molecule is CNCC1CCN(C(=O)c2sc(-c3ccc(OC)c(OC)c3)nc2C)C1.Cl.Cl. The molecule has 0 bridgehead atoms. The number of halogens is 2. The molecule has 1 amide bonds. The maximum Gasteiger partial charge on any atom is 0.265 e. The molecule has 1 atom stereocenters. The number of methoxy groups -OCH3 is 2. The highest BCUT2D eigenvalue weighted by Gasteiger charge is 2.29. The van der Waals surface area contributed by atoms with Crippen LogP contribution in [0.4, 0.5) is 0 Å². The summed E-state index contributed by atoms with van der Waals surface area (Å²) in [5, 5.41) is 4.01. The summed E-state index contributed by atoms with van der Waals surface area (Å²) in [6.07, 6.45) is 1.05. The molecule has 3 rings (SSSR count). The second-order valence-corrected chi connectivity index (χ2v) is 7.47. The molecule has 0 spiro atoms. The number of likely N-dealkylation sites (tertiary alicyclic amines) is 1. The summed E-state index contributed by atoms with van der Waals surface area (Å²) in [4.78, 5) is 20.2. The van der Waals surface area contributed by atoms with E-state index in [1.807, 2.05) is 37.1 Å². The molecule has 0 radical (unpaired) electrons. The Morgan fingerprint density at radius 1 is 1.29 bits per heavy atom. The van der Waals surface area contributed by atoms with E-state index < -0.39 is 0 Å². The van der Waals surface area contributed by atoms with Crippen LogP contribution >= 0.6 is 36.2 Å². The maximum atomic E-state index is 12.9. The Bertz CT molecular complexity index is 801. The number of carbonyl (C=O) groups excluding carboxylic acids is 1. The van der Waals surface area contributed by atoms with Gasteiger partial charge in [0.05, 0.1) is 19.9 Å². The number of benzene rings is 1. The highest BCUT2D eigenvalue weighted by molar-refractivity contribution is 7.17. The Morgan fingerprint density at radius 3 is 2.64 bits per heavy atom. The number of amides is 1. The molecule has 6 nitrogen and oxygen atoms in total. The van der Waals surface area contributed by atoms with Crippen molar-refractivity contribution in [2.45, 2.75) is 13.3 Å². The molecule has 1 unspecified atom stereocenters. The smallest absolute Gasteiger partial charge is 0.265 e. The van der Waals surface area contributed by atoms with E-state index in [1.165, 1.54) is 11.3 Å². The van der Waals surface area contributed by atoms with Gasteiger partial charge in [-0.15, -0.1) is 36.2 Å². The second-order valence-electron chi connectivity index (χ2n) is 6.47. The van der Waals surface area contributed by atoms with E-state index in [9.17, 15) is 4.79 Å². The minimum Gasteiger partial charge on any atom is -0.493 e. The zero-order chi connectivity index (χ0) is 18.7. The first-order valence-corrected chi connectivity index (χ1v) is 9.52. The lowest BCUT2D eigenvalue weighted by Crippen LogP contribution is -2.30. The van der Waals surface area contributed by atoms with Gasteiger partial charge in [-0.2, -0.15) is 0 Å². The standard InChI is InChI=1S/C19H25N3O3S.2ClH/c1-12-17(19(23)22-8-7-13(11-22)10-20-2)26-18(21-12)14-5-6-15(24-3)16(9-14)25-4;;/h5-6,9,13,20H,7-8,10-11H2,1-4H3;2*1H. The van der Waals surface area contributed by atoms with Gasteiger partial charge in [0.2, 0.25) is 0 Å². The molecule has 1 aromatic carbocycles. The van der Waals surface area contributed by atoms with Crippen LogP contribution in [0.2, 0.25) is 0 Å². The molecule has 156 valence electrons. The Labute approximate surface area is 182 Å². The van der Waals surface area contributed by atoms with Crippen LogP contribution in [0.25, 0.3) is 10.6 Å². The van der Waals surface area contributed by atoms with Gasteiger partial charge in [-0.3, -0.25) is 4.79 Å². The van der Waals surface area contributed by atoms with E-state index in [0.717, 1.165) is 47.2 Å². The maximum absolute atomic E-state index is 12.9. The molecule has 1 saturated heterocycles. The molecule has 1 N–H and O–H groups in total. The van der Waals surface area contributed by atoms with Gasteiger partial charge in [0.1, 0.15) is 9.88 Å². The topological polar surface area (TPSA) is 63.7 Å². The van der Waals surface area contributed by atoms with Crippen molar-refractivity contribution in [1.82, 2.24) is 15.2 Å². The number of thiazole rings is 1. The van der Waals surface area contributed by atoms with Crippen molar-refractivity contribution in [1.29, 1.82) is 0 Å². The van der Waals surface area contributed by atoms with Crippen LogP contribution in [-0.2, 0) is 0 Å². The Kier molecular flexibility index (Phi) is 9.50. The summed E-state index contributed by atoms with van der Waals surface area (Å²) >= 11 is 1.44. The molecule has 2 aromatic rings. The van der Waals surface area contributed by atoms with Gasteiger partial charge in [-0.25, -0.2) is 4.98 Å². The quantitative estimate of drug-likeness (QED) is 0.731. The normalized spacial score (nSPS) is 15.6. The lowest BCUT2D eigenvalue weighted by Gasteiger charge is -2.15. The Balaban J connectivity index is 0.00000196. The van der Waals surface area contributed by atoms with Crippen LogP contribution in [0.1, 0.15) is 21.8 Å². The van der Waals surface area contributed by atoms with Gasteiger partial charge < -0.3 is 19.7 Å². The van der Waals surface area contributed by atoms with Gasteiger partial charge in [0, 0.05) is 18.7 Å². The fourth-order valence-electron chi connectivity index (χ4n) is 3.30. The summed E-state index contributed by atoms with van der Waals surface area (Å²) in [6.45, 7) is 4.47. The number of carbonyl (C=O) groups is 1. The van der Waals surface area contributed by atoms with E-state index >= 15 is 0 Å². The van der Waals surface area contributed by atoms with Crippen LogP contribution in [0.3, 0.4) is 0 Å². The molecule has 1 aromatic heterocycles. The second kappa shape index (κ2) is 10.9. The van der Waals surface area contributed by atoms with Crippen molar-refractivity contribution < 1.29 is 14.3 Å². The van der Waals surface area contributed by atoms with E-state index in [2.05, 4.69) is 10.3 Å². The highest BCUT2D eigenvalue weighted by Crippen LogP contribution is 2.35. The van der Waals surface area contributed by atoms with Crippen molar-refractivity contribution in [3.63, 3.8) is 0 Å². The van der Waals surface area contributed by atoms with Crippen LogP contribution in [0.15, 0.2) is 18.2 Å². The highest BCUT2D eigenvalue weighted by atomic mass is 35.5. The number of rotatable bonds is 6. The Morgan fingerprint density at radius 2 is 2.00 bits per heavy atom. The minimum absolute atomic E-state index is 0. The number of hydrogen-bond acceptors (Lipinski definition) is 6. The average Bonchev–Trinajstić information content (AvgIpc) is 3.27. The number of ether oxygens (including phenoxy) is 2. The molecule has 28 heavy (non-hydrogen) atoms. The number of nitrogens with one attached hydrogen (secondary N) is 1. The van der Waals surface area contributed by atoms with Crippen LogP contribution in [-0.4, -0.2) is 56.7 Å². The number of aryl methyl sites for hydroxylation is 1. The van der Waals surface area contributed by atoms with E-state index in [4.69, 9.17) is 9.47 Å². The van der Waals surface area contributed by atoms with Gasteiger partial charge in [0.25, 0.3) is 5.91 Å². The van der Waals surface area contributed by atoms with Gasteiger partial charge in [-0.1, -0.05) is 0 Å². The molecule has 2 heterocycles. The van der Waals surface area contributed by atoms with Gasteiger partial charge in [-0.05, 0) is 51.1 Å². The third kappa shape index (κ3) is 5.08. The predicted molar refractivity (Wildman–Crippen MR) is 118 cm³/mol. The largest absolute Gasteiger partial charge is 0.493 e. The first-order chi connectivity index (χ1) is 12.6. The minimum atomic E-state index is 0. The third-order valence-electron chi connectivity index (χ3n) is 4.69. The van der Waals surface area contributed by atoms with E-state index in [1.54, 1.807) is 14.2 Å². The van der Waals surface area contributed by atoms with Crippen molar-refractivity contribution in [2.24, 2.45) is 5.92 Å². The van der Waals surface area contributed by atoms with Crippen LogP contribution in [0, 0.1) is 12.8 Å². The Hall–Kier alpha value is -1.54. The zero-order valence-corrected chi connectivity index (χ0v) is 18.9. The molecule has 1 aliphatic rings. The van der Waals surface area contributed by atoms with Crippen LogP contribution < -0.4 is 14.8 Å². The summed E-state index contributed by atoms with van der Waals surface area (Å²) < 4.78 is 10.7. The molecule has 9 heteroatoms. The predicted octanol–water partition coefficient (Wildman–Crippen LogP) is 3.66. The first kappa shape index (κ1) is 24.5. The van der Waals surface area contributed by atoms with Crippen LogP contribution in [0.5, 0.6) is 11.5 Å². The molecule has 1 aliphatic heterocycles. The molecular weight excluding hydrogens is 421 g/mol. The fourth-order valence-corrected chi connectivity index (χ4v) is 4.33. The first-order valence-electron chi connectivity index (χ1n) is 8.71. The van der Waals surface area contributed by atoms with Crippen molar-refractivity contribution >= 4 is 42.1 Å². The van der Waals surface area contributed by atoms with Gasteiger partial charge in [0.15, 0.2) is 11.5 Å². The van der Waals surface area contributed by atoms with E-state index in [0.29, 0.717) is 17.4 Å². The molecule has 1 fully saturated rings. The van der Waals surface area contributed by atoms with Crippen molar-refractivity contribution in [3.05, 3.63) is 28.8 Å². The van der Waals surface area contributed by atoms with Crippen molar-refractivity contribution in [3.8, 4) is 22.1 Å².